The zero-order valence-corrected chi connectivity index (χ0v) is 13.5. The zero-order chi connectivity index (χ0) is 12.3. The van der Waals surface area contributed by atoms with Crippen molar-refractivity contribution in [3.63, 3.8) is 0 Å². The van der Waals surface area contributed by atoms with Crippen molar-refractivity contribution in [2.75, 3.05) is 11.9 Å². The molecule has 0 bridgehead atoms. The van der Waals surface area contributed by atoms with Gasteiger partial charge in [0.15, 0.2) is 0 Å². The van der Waals surface area contributed by atoms with Gasteiger partial charge in [-0.2, -0.15) is 0 Å². The minimum Gasteiger partial charge on any atom is -0.370 e. The first-order valence-corrected chi connectivity index (χ1v) is 5.77. The molecule has 0 atom stereocenters. The summed E-state index contributed by atoms with van der Waals surface area (Å²) < 4.78 is 0. The van der Waals surface area contributed by atoms with E-state index in [9.17, 15) is 0 Å². The molecule has 0 aromatic carbocycles. The molecule has 2 nitrogen and oxygen atoms in total. The van der Waals surface area contributed by atoms with Gasteiger partial charge in [0, 0.05) is 34.2 Å². The smallest absolute Gasteiger partial charge is 0.0502 e. The normalized spacial score (nSPS) is 15.1. The van der Waals surface area contributed by atoms with Crippen molar-refractivity contribution in [3.8, 4) is 0 Å². The van der Waals surface area contributed by atoms with Crippen molar-refractivity contribution in [2.24, 2.45) is 0 Å². The largest absolute Gasteiger partial charge is 0.370 e. The summed E-state index contributed by atoms with van der Waals surface area (Å²) in [7, 11) is 2.09. The van der Waals surface area contributed by atoms with Crippen LogP contribution in [0.1, 0.15) is 18.4 Å². The number of hydrogen-bond acceptors (Lipinski definition) is 2. The van der Waals surface area contributed by atoms with Crippen LogP contribution in [0.4, 0.5) is 5.82 Å². The minimum atomic E-state index is 0. The summed E-state index contributed by atoms with van der Waals surface area (Å²) in [6.45, 7) is 7.66. The number of pyridine rings is 1. The molecule has 2 rings (SSSR count). The van der Waals surface area contributed by atoms with E-state index in [0.29, 0.717) is 6.04 Å². The topological polar surface area (TPSA) is 16.1 Å². The van der Waals surface area contributed by atoms with Gasteiger partial charge >= 0.3 is 0 Å². The fraction of sp³-hybridized carbons (Fsp3) is 0.267. The van der Waals surface area contributed by atoms with Crippen molar-refractivity contribution in [3.05, 3.63) is 54.8 Å². The number of allylic oxidation sites excluding steroid dienone is 2. The van der Waals surface area contributed by atoms with Crippen LogP contribution in [0.3, 0.4) is 0 Å². The number of aromatic nitrogens is 1. The van der Waals surface area contributed by atoms with Crippen LogP contribution in [0.15, 0.2) is 43.1 Å². The predicted octanol–water partition coefficient (Wildman–Crippen LogP) is 3.23. The molecule has 1 aliphatic carbocycles. The van der Waals surface area contributed by atoms with E-state index in [2.05, 4.69) is 36.2 Å². The van der Waals surface area contributed by atoms with Crippen LogP contribution in [0.2, 0.25) is 0 Å². The van der Waals surface area contributed by atoms with E-state index in [-0.39, 0.29) is 21.1 Å². The molecule has 0 unspecified atom stereocenters. The molecule has 0 aliphatic heterocycles. The Morgan fingerprint density at radius 3 is 2.83 bits per heavy atom. The average molecular weight is 409 g/mol. The van der Waals surface area contributed by atoms with Crippen molar-refractivity contribution >= 4 is 11.9 Å². The molecule has 0 spiro atoms. The van der Waals surface area contributed by atoms with Crippen LogP contribution in [0.25, 0.3) is 6.08 Å². The molecule has 1 aliphatic rings. The SMILES string of the molecule is C=C/C=C\c1c[c-]cnc1N(C)C1CC(=C)C1.[W]. The van der Waals surface area contributed by atoms with Gasteiger partial charge in [-0.1, -0.05) is 37.1 Å². The van der Waals surface area contributed by atoms with E-state index in [1.54, 1.807) is 12.3 Å². The van der Waals surface area contributed by atoms with Gasteiger partial charge in [0.05, 0.1) is 5.82 Å². The van der Waals surface area contributed by atoms with Crippen LogP contribution in [-0.2, 0) is 21.1 Å². The van der Waals surface area contributed by atoms with E-state index in [4.69, 9.17) is 0 Å². The minimum absolute atomic E-state index is 0. The van der Waals surface area contributed by atoms with Crippen LogP contribution >= 0.6 is 0 Å². The Kier molecular flexibility index (Phi) is 5.55. The van der Waals surface area contributed by atoms with Crippen LogP contribution in [-0.4, -0.2) is 18.1 Å². The second-order valence-electron chi connectivity index (χ2n) is 4.37. The summed E-state index contributed by atoms with van der Waals surface area (Å²) >= 11 is 0. The molecule has 0 saturated heterocycles. The van der Waals surface area contributed by atoms with Gasteiger partial charge in [0.1, 0.15) is 0 Å². The zero-order valence-electron chi connectivity index (χ0n) is 10.6. The summed E-state index contributed by atoms with van der Waals surface area (Å²) in [4.78, 5) is 6.64. The Bertz CT molecular complexity index is 457. The maximum absolute atomic E-state index is 4.41. The molecule has 1 aromatic rings. The molecular formula is C15H17N2W-. The number of hydrogen-bond donors (Lipinski definition) is 0. The Hall–Kier alpha value is -1.14. The fourth-order valence-corrected chi connectivity index (χ4v) is 2.01. The maximum atomic E-state index is 4.41. The van der Waals surface area contributed by atoms with E-state index in [1.807, 2.05) is 18.2 Å². The molecule has 94 valence electrons. The third kappa shape index (κ3) is 3.20. The third-order valence-electron chi connectivity index (χ3n) is 3.10. The predicted molar refractivity (Wildman–Crippen MR) is 72.9 cm³/mol. The number of rotatable bonds is 4. The first kappa shape index (κ1) is 14.9. The average Bonchev–Trinajstić information content (AvgIpc) is 2.32. The first-order valence-electron chi connectivity index (χ1n) is 5.77. The van der Waals surface area contributed by atoms with Crippen molar-refractivity contribution in [1.82, 2.24) is 4.98 Å². The molecule has 1 saturated carbocycles. The van der Waals surface area contributed by atoms with Crippen molar-refractivity contribution in [1.29, 1.82) is 0 Å². The summed E-state index contributed by atoms with van der Waals surface area (Å²) in [5, 5.41) is 0. The monoisotopic (exact) mass is 409 g/mol. The second-order valence-corrected chi connectivity index (χ2v) is 4.37. The Balaban J connectivity index is 0.00000162. The van der Waals surface area contributed by atoms with Gasteiger partial charge in [-0.3, -0.25) is 4.98 Å². The quantitative estimate of drug-likeness (QED) is 0.432. The number of anilines is 1. The van der Waals surface area contributed by atoms with E-state index in [1.165, 1.54) is 5.57 Å². The molecule has 1 fully saturated rings. The summed E-state index contributed by atoms with van der Waals surface area (Å²) in [6.07, 6.45) is 9.55. The van der Waals surface area contributed by atoms with E-state index in [0.717, 1.165) is 24.2 Å². The summed E-state index contributed by atoms with van der Waals surface area (Å²) in [5.74, 6) is 0.999. The van der Waals surface area contributed by atoms with Gasteiger partial charge in [0.25, 0.3) is 0 Å². The molecule has 0 N–H and O–H groups in total. The summed E-state index contributed by atoms with van der Waals surface area (Å²) in [5.41, 5.74) is 2.40. The number of nitrogens with zero attached hydrogens (tertiary/aromatic N) is 2. The second kappa shape index (κ2) is 6.70. The fourth-order valence-electron chi connectivity index (χ4n) is 2.01. The maximum Gasteiger partial charge on any atom is 0.0502 e. The molecule has 3 heteroatoms. The third-order valence-corrected chi connectivity index (χ3v) is 3.10. The molecule has 0 radical (unpaired) electrons. The van der Waals surface area contributed by atoms with E-state index < -0.39 is 0 Å². The molecule has 1 heterocycles. The Labute approximate surface area is 123 Å². The van der Waals surface area contributed by atoms with Gasteiger partial charge in [-0.15, -0.1) is 11.6 Å². The molecule has 1 aromatic heterocycles. The first-order chi connectivity index (χ1) is 8.22. The van der Waals surface area contributed by atoms with Gasteiger partial charge in [-0.25, -0.2) is 12.1 Å². The Morgan fingerprint density at radius 2 is 2.22 bits per heavy atom. The summed E-state index contributed by atoms with van der Waals surface area (Å²) in [6, 6.07) is 5.49. The van der Waals surface area contributed by atoms with Crippen molar-refractivity contribution < 1.29 is 21.1 Å². The molecule has 0 amide bonds. The van der Waals surface area contributed by atoms with E-state index >= 15 is 0 Å². The molecular weight excluding hydrogens is 392 g/mol. The van der Waals surface area contributed by atoms with Crippen molar-refractivity contribution in [2.45, 2.75) is 18.9 Å². The van der Waals surface area contributed by atoms with Gasteiger partial charge in [0.2, 0.25) is 0 Å². The standard InChI is InChI=1S/C15H17N2.W/c1-4-5-7-13-8-6-9-16-15(13)17(3)14-10-12(2)11-14;/h4-5,7-9,14H,1-2,10-11H2,3H3;/q-1;/b7-5-;. The van der Waals surface area contributed by atoms with Gasteiger partial charge in [-0.05, 0) is 12.8 Å². The molecule has 18 heavy (non-hydrogen) atoms. The Morgan fingerprint density at radius 1 is 1.50 bits per heavy atom. The van der Waals surface area contributed by atoms with Gasteiger partial charge < -0.3 is 4.90 Å². The van der Waals surface area contributed by atoms with Crippen LogP contribution in [0, 0.1) is 6.07 Å². The van der Waals surface area contributed by atoms with Crippen LogP contribution in [0.5, 0.6) is 0 Å². The van der Waals surface area contributed by atoms with Crippen LogP contribution < -0.4 is 4.90 Å².